The average molecular weight is 582 g/mol. The highest BCUT2D eigenvalue weighted by atomic mass is 80.0. The summed E-state index contributed by atoms with van der Waals surface area (Å²) in [7, 11) is -3.93. The summed E-state index contributed by atoms with van der Waals surface area (Å²) in [6, 6.07) is 3.56. The maximum Gasteiger partial charge on any atom is 0.326 e. The van der Waals surface area contributed by atoms with Gasteiger partial charge in [0.25, 0.3) is 0 Å². The second-order valence-corrected chi connectivity index (χ2v) is 15.4. The lowest BCUT2D eigenvalue weighted by molar-refractivity contribution is -0.155. The zero-order chi connectivity index (χ0) is 20.3. The molecule has 1 aromatic carbocycles. The van der Waals surface area contributed by atoms with Gasteiger partial charge in [-0.2, -0.15) is 0 Å². The fourth-order valence-corrected chi connectivity index (χ4v) is 4.34. The number of sulfone groups is 1. The standard InChI is InChI=1S/C13H12Br3NO8S/c14-13(15,16)26(24,25)7-3-1-2-6(4-7)17-9(12(22)23)5-8(10(18)19)11(20)21/h1-4,8-9,17H,5H2,(H,18,19)(H,20,21)(H,22,23). The van der Waals surface area contributed by atoms with E-state index >= 15 is 0 Å². The Hall–Kier alpha value is -1.18. The van der Waals surface area contributed by atoms with Crippen LogP contribution in [0.1, 0.15) is 6.42 Å². The Bertz CT molecular complexity index is 807. The van der Waals surface area contributed by atoms with Gasteiger partial charge in [0.05, 0.1) is 4.90 Å². The quantitative estimate of drug-likeness (QED) is 0.267. The Morgan fingerprint density at radius 3 is 2.00 bits per heavy atom. The highest BCUT2D eigenvalue weighted by Gasteiger charge is 2.38. The molecule has 0 bridgehead atoms. The molecule has 26 heavy (non-hydrogen) atoms. The number of rotatable bonds is 8. The minimum Gasteiger partial charge on any atom is -0.481 e. The van der Waals surface area contributed by atoms with Gasteiger partial charge in [0.2, 0.25) is 11.3 Å². The second-order valence-electron chi connectivity index (χ2n) is 4.98. The van der Waals surface area contributed by atoms with Gasteiger partial charge >= 0.3 is 17.9 Å². The molecule has 0 spiro atoms. The molecule has 4 N–H and O–H groups in total. The van der Waals surface area contributed by atoms with E-state index in [9.17, 15) is 27.9 Å². The van der Waals surface area contributed by atoms with Crippen molar-refractivity contribution in [2.24, 2.45) is 5.92 Å². The molecule has 0 heterocycles. The average Bonchev–Trinajstić information content (AvgIpc) is 2.49. The number of halogens is 3. The Morgan fingerprint density at radius 1 is 1.04 bits per heavy atom. The summed E-state index contributed by atoms with van der Waals surface area (Å²) in [6.07, 6.45) is -0.740. The molecule has 0 aliphatic carbocycles. The molecule has 0 radical (unpaired) electrons. The summed E-state index contributed by atoms with van der Waals surface area (Å²) in [5, 5.41) is 29.4. The number of carboxylic acids is 3. The molecule has 1 atom stereocenters. The van der Waals surface area contributed by atoms with Crippen molar-refractivity contribution >= 4 is 81.2 Å². The summed E-state index contributed by atoms with van der Waals surface area (Å²) in [5.41, 5.74) is 0.0600. The molecule has 0 fully saturated rings. The van der Waals surface area contributed by atoms with Crippen LogP contribution in [-0.4, -0.2) is 49.2 Å². The molecule has 0 aliphatic rings. The van der Waals surface area contributed by atoms with Gasteiger partial charge in [0.1, 0.15) is 6.04 Å². The summed E-state index contributed by atoms with van der Waals surface area (Å²) >= 11 is 8.70. The molecule has 0 saturated heterocycles. The minimum absolute atomic E-state index is 0.0600. The van der Waals surface area contributed by atoms with Crippen LogP contribution in [0.2, 0.25) is 0 Å². The van der Waals surface area contributed by atoms with E-state index in [1.807, 2.05) is 0 Å². The highest BCUT2D eigenvalue weighted by molar-refractivity contribution is 9.42. The third-order valence-electron chi connectivity index (χ3n) is 3.16. The summed E-state index contributed by atoms with van der Waals surface area (Å²) in [6.45, 7) is 0. The molecular weight excluding hydrogens is 570 g/mol. The first kappa shape index (κ1) is 22.9. The molecular formula is C13H12Br3NO8S. The molecule has 9 nitrogen and oxygen atoms in total. The van der Waals surface area contributed by atoms with Gasteiger partial charge in [-0.3, -0.25) is 9.59 Å². The lowest BCUT2D eigenvalue weighted by Crippen LogP contribution is -2.36. The van der Waals surface area contributed by atoms with Crippen molar-refractivity contribution in [3.05, 3.63) is 24.3 Å². The van der Waals surface area contributed by atoms with Crippen molar-refractivity contribution in [1.82, 2.24) is 0 Å². The summed E-state index contributed by atoms with van der Waals surface area (Å²) in [4.78, 5) is 33.1. The maximum absolute atomic E-state index is 12.3. The third-order valence-corrected chi connectivity index (χ3v) is 8.48. The monoisotopic (exact) mass is 579 g/mol. The smallest absolute Gasteiger partial charge is 0.326 e. The first-order chi connectivity index (χ1) is 11.8. The Balaban J connectivity index is 3.15. The number of hydrogen-bond donors (Lipinski definition) is 4. The van der Waals surface area contributed by atoms with Gasteiger partial charge in [-0.25, -0.2) is 13.2 Å². The van der Waals surface area contributed by atoms with E-state index in [-0.39, 0.29) is 10.6 Å². The molecule has 1 unspecified atom stereocenters. The van der Waals surface area contributed by atoms with Crippen LogP contribution in [0, 0.1) is 5.92 Å². The van der Waals surface area contributed by atoms with Crippen molar-refractivity contribution in [1.29, 1.82) is 0 Å². The number of aliphatic carboxylic acids is 3. The Kier molecular flexibility index (Phi) is 7.62. The number of carbonyl (C=O) groups is 3. The number of alkyl halides is 3. The predicted octanol–water partition coefficient (Wildman–Crippen LogP) is 2.30. The third kappa shape index (κ3) is 5.66. The lowest BCUT2D eigenvalue weighted by Gasteiger charge is -2.19. The number of benzene rings is 1. The largest absolute Gasteiger partial charge is 0.481 e. The van der Waals surface area contributed by atoms with E-state index in [0.29, 0.717) is 0 Å². The van der Waals surface area contributed by atoms with Gasteiger partial charge in [-0.05, 0) is 66.0 Å². The highest BCUT2D eigenvalue weighted by Crippen LogP contribution is 2.43. The zero-order valence-corrected chi connectivity index (χ0v) is 18.2. The Morgan fingerprint density at radius 2 is 1.58 bits per heavy atom. The van der Waals surface area contributed by atoms with Crippen molar-refractivity contribution in [3.63, 3.8) is 0 Å². The van der Waals surface area contributed by atoms with Gasteiger partial charge in [-0.15, -0.1) is 0 Å². The van der Waals surface area contributed by atoms with Crippen LogP contribution in [0.25, 0.3) is 0 Å². The minimum atomic E-state index is -3.93. The zero-order valence-electron chi connectivity index (χ0n) is 12.6. The van der Waals surface area contributed by atoms with Crippen LogP contribution in [0.4, 0.5) is 5.69 Å². The lowest BCUT2D eigenvalue weighted by atomic mass is 10.00. The summed E-state index contributed by atoms with van der Waals surface area (Å²) < 4.78 is 23.0. The van der Waals surface area contributed by atoms with Crippen LogP contribution in [0.15, 0.2) is 29.2 Å². The predicted molar refractivity (Wildman–Crippen MR) is 102 cm³/mol. The second kappa shape index (κ2) is 8.67. The van der Waals surface area contributed by atoms with E-state index in [2.05, 4.69) is 53.1 Å². The van der Waals surface area contributed by atoms with Gasteiger partial charge in [0, 0.05) is 12.1 Å². The topological polar surface area (TPSA) is 158 Å². The van der Waals surface area contributed by atoms with Crippen molar-refractivity contribution < 1.29 is 38.1 Å². The first-order valence-corrected chi connectivity index (χ1v) is 10.5. The van der Waals surface area contributed by atoms with Crippen molar-refractivity contribution in [2.45, 2.75) is 18.8 Å². The molecule has 0 amide bonds. The number of nitrogens with one attached hydrogen (secondary N) is 1. The Labute approximate surface area is 173 Å². The van der Waals surface area contributed by atoms with E-state index in [1.54, 1.807) is 0 Å². The normalized spacial score (nSPS) is 13.2. The SMILES string of the molecule is O=C(O)C(CC(C(=O)O)C(=O)O)Nc1cccc(S(=O)(=O)C(Br)(Br)Br)c1. The molecule has 0 aromatic heterocycles. The van der Waals surface area contributed by atoms with Gasteiger partial charge < -0.3 is 20.6 Å². The van der Waals surface area contributed by atoms with Crippen LogP contribution < -0.4 is 5.32 Å². The van der Waals surface area contributed by atoms with Crippen molar-refractivity contribution in [3.8, 4) is 0 Å². The fourth-order valence-electron chi connectivity index (χ4n) is 1.85. The number of carboxylic acid groups (broad SMARTS) is 3. The molecule has 13 heteroatoms. The maximum atomic E-state index is 12.3. The summed E-state index contributed by atoms with van der Waals surface area (Å²) in [5.74, 6) is -6.77. The molecule has 1 aromatic rings. The van der Waals surface area contributed by atoms with Gasteiger partial charge in [-0.1, -0.05) is 6.07 Å². The van der Waals surface area contributed by atoms with E-state index in [4.69, 9.17) is 10.2 Å². The van der Waals surface area contributed by atoms with E-state index < -0.39 is 47.6 Å². The molecule has 0 saturated carbocycles. The van der Waals surface area contributed by atoms with Crippen LogP contribution >= 0.6 is 47.8 Å². The fraction of sp³-hybridized carbons (Fsp3) is 0.308. The number of hydrogen-bond acceptors (Lipinski definition) is 6. The number of anilines is 1. The van der Waals surface area contributed by atoms with E-state index in [0.717, 1.165) is 6.07 Å². The van der Waals surface area contributed by atoms with Crippen molar-refractivity contribution in [2.75, 3.05) is 5.32 Å². The van der Waals surface area contributed by atoms with Gasteiger partial charge in [0.15, 0.2) is 5.92 Å². The van der Waals surface area contributed by atoms with Crippen LogP contribution in [0.5, 0.6) is 0 Å². The van der Waals surface area contributed by atoms with Crippen LogP contribution in [-0.2, 0) is 24.2 Å². The first-order valence-electron chi connectivity index (χ1n) is 6.63. The van der Waals surface area contributed by atoms with E-state index in [1.165, 1.54) is 18.2 Å². The molecule has 0 aliphatic heterocycles. The molecule has 144 valence electrons. The molecule has 1 rings (SSSR count). The van der Waals surface area contributed by atoms with Crippen LogP contribution in [0.3, 0.4) is 0 Å².